The van der Waals surface area contributed by atoms with Gasteiger partial charge in [0.25, 0.3) is 5.91 Å². The SMILES string of the molecule is O=C1N[C@]2(C(=O)NS(=O)(=O)C3CC3)C[C@H]2/C=C\CCCCC[C@H](Nc2nc(-c3nc4ccccc4s3)cs2)C(=O)N2C[C@H](OC(=O)N3Cc4cccc(F)c4C3)C[C@@H]12. The van der Waals surface area contributed by atoms with Crippen LogP contribution in [0.25, 0.3) is 20.9 Å². The van der Waals surface area contributed by atoms with E-state index in [0.29, 0.717) is 54.1 Å². The van der Waals surface area contributed by atoms with Crippen LogP contribution in [0.15, 0.2) is 60.0 Å². The summed E-state index contributed by atoms with van der Waals surface area (Å²) in [6.45, 7) is 0.0684. The summed E-state index contributed by atoms with van der Waals surface area (Å²) in [7, 11) is -3.91. The lowest BCUT2D eigenvalue weighted by molar-refractivity contribution is -0.140. The van der Waals surface area contributed by atoms with Crippen molar-refractivity contribution in [1.82, 2.24) is 29.8 Å². The lowest BCUT2D eigenvalue weighted by Gasteiger charge is -2.29. The fraction of sp³-hybridized carbons (Fsp3) is 0.450. The number of hydrogen-bond donors (Lipinski definition) is 3. The van der Waals surface area contributed by atoms with Gasteiger partial charge in [-0.25, -0.2) is 27.6 Å². The number of fused-ring (bicyclic) bond motifs is 4. The minimum atomic E-state index is -3.91. The van der Waals surface area contributed by atoms with Gasteiger partial charge in [-0.15, -0.1) is 22.7 Å². The number of carbonyl (C=O) groups excluding carboxylic acids is 4. The van der Waals surface area contributed by atoms with Gasteiger partial charge in [-0.3, -0.25) is 24.0 Å². The van der Waals surface area contributed by atoms with Crippen LogP contribution >= 0.6 is 22.7 Å². The largest absolute Gasteiger partial charge is 0.444 e. The Morgan fingerprint density at radius 1 is 1.02 bits per heavy atom. The van der Waals surface area contributed by atoms with Crippen LogP contribution in [0.2, 0.25) is 0 Å². The number of sulfonamides is 1. The molecule has 58 heavy (non-hydrogen) atoms. The monoisotopic (exact) mass is 847 g/mol. The molecule has 2 aliphatic carbocycles. The van der Waals surface area contributed by atoms with E-state index in [1.54, 1.807) is 12.1 Å². The number of hydrogen-bond acceptors (Lipinski definition) is 12. The van der Waals surface area contributed by atoms with Crippen LogP contribution < -0.4 is 15.4 Å². The van der Waals surface area contributed by atoms with Crippen molar-refractivity contribution in [2.45, 2.75) is 99.9 Å². The highest BCUT2D eigenvalue weighted by atomic mass is 32.2. The van der Waals surface area contributed by atoms with E-state index in [2.05, 4.69) is 15.4 Å². The molecule has 0 spiro atoms. The Bertz CT molecular complexity index is 2400. The molecular weight excluding hydrogens is 806 g/mol. The zero-order valence-electron chi connectivity index (χ0n) is 31.4. The standard InChI is InChI=1S/C40H42FN7O7S3/c41-28-11-8-9-23-19-47(21-27(23)28)39(52)55-25-17-32-34(49)45-40(37(51)46-58(53,54)26-15-16-26)18-24(40)10-4-2-1-3-5-13-30(36(50)48(32)20-25)43-38-44-31(22-56-38)35-42-29-12-6-7-14-33(29)57-35/h4,6-12,14,22,24-26,30,32H,1-3,5,13,15-21H2,(H,43,44)(H,45,49)(H,46,51)/b10-4-/t24-,25-,30+,32+,40-/m1/s1. The summed E-state index contributed by atoms with van der Waals surface area (Å²) in [6.07, 6.45) is 6.72. The number of amides is 4. The van der Waals surface area contributed by atoms with E-state index >= 15 is 0 Å². The van der Waals surface area contributed by atoms with Gasteiger partial charge in [0.1, 0.15) is 40.2 Å². The number of nitrogens with one attached hydrogen (secondary N) is 3. The highest BCUT2D eigenvalue weighted by Gasteiger charge is 2.62. The van der Waals surface area contributed by atoms with Crippen molar-refractivity contribution in [2.75, 3.05) is 11.9 Å². The van der Waals surface area contributed by atoms with E-state index in [0.717, 1.165) is 28.1 Å². The molecule has 3 fully saturated rings. The topological polar surface area (TPSA) is 180 Å². The van der Waals surface area contributed by atoms with Gasteiger partial charge < -0.3 is 20.3 Å². The highest BCUT2D eigenvalue weighted by molar-refractivity contribution is 7.91. The molecule has 3 N–H and O–H groups in total. The van der Waals surface area contributed by atoms with Crippen LogP contribution in [-0.2, 0) is 42.2 Å². The third-order valence-electron chi connectivity index (χ3n) is 11.6. The molecule has 2 aromatic heterocycles. The van der Waals surface area contributed by atoms with Gasteiger partial charge in [-0.2, -0.15) is 0 Å². The first kappa shape index (κ1) is 38.6. The van der Waals surface area contributed by atoms with Crippen LogP contribution in [0.3, 0.4) is 0 Å². The second kappa shape index (κ2) is 15.3. The first-order chi connectivity index (χ1) is 28.0. The Morgan fingerprint density at radius 3 is 2.67 bits per heavy atom. The number of aromatic nitrogens is 2. The molecule has 1 saturated heterocycles. The smallest absolute Gasteiger partial charge is 0.410 e. The molecule has 18 heteroatoms. The quantitative estimate of drug-likeness (QED) is 0.202. The van der Waals surface area contributed by atoms with Gasteiger partial charge in [0, 0.05) is 29.8 Å². The molecule has 304 valence electrons. The molecule has 5 heterocycles. The van der Waals surface area contributed by atoms with Crippen molar-refractivity contribution in [3.8, 4) is 10.7 Å². The maximum Gasteiger partial charge on any atom is 0.410 e. The summed E-state index contributed by atoms with van der Waals surface area (Å²) in [5.41, 5.74) is 1.10. The lowest BCUT2D eigenvalue weighted by atomic mass is 10.1. The van der Waals surface area contributed by atoms with Crippen molar-refractivity contribution in [1.29, 1.82) is 0 Å². The molecule has 9 rings (SSSR count). The molecule has 0 unspecified atom stereocenters. The number of thiazole rings is 2. The van der Waals surface area contributed by atoms with E-state index in [4.69, 9.17) is 14.7 Å². The number of anilines is 1. The number of para-hydroxylation sites is 1. The van der Waals surface area contributed by atoms with Crippen molar-refractivity contribution < 1.29 is 36.7 Å². The number of allylic oxidation sites excluding steroid dienone is 1. The fourth-order valence-electron chi connectivity index (χ4n) is 8.14. The highest BCUT2D eigenvalue weighted by Crippen LogP contribution is 2.46. The lowest BCUT2D eigenvalue weighted by Crippen LogP contribution is -2.57. The van der Waals surface area contributed by atoms with Gasteiger partial charge in [0.15, 0.2) is 5.13 Å². The van der Waals surface area contributed by atoms with Gasteiger partial charge in [0.2, 0.25) is 21.8 Å². The zero-order valence-corrected chi connectivity index (χ0v) is 33.8. The average molecular weight is 848 g/mol. The van der Waals surface area contributed by atoms with Crippen molar-refractivity contribution in [3.05, 3.63) is 76.9 Å². The first-order valence-corrected chi connectivity index (χ1v) is 22.9. The van der Waals surface area contributed by atoms with Crippen LogP contribution in [0.5, 0.6) is 0 Å². The van der Waals surface area contributed by atoms with Gasteiger partial charge in [0.05, 0.1) is 28.6 Å². The molecular formula is C40H42FN7O7S3. The van der Waals surface area contributed by atoms with Crippen LogP contribution in [0, 0.1) is 11.7 Å². The third kappa shape index (κ3) is 7.68. The minimum Gasteiger partial charge on any atom is -0.444 e. The Hall–Kier alpha value is -4.94. The molecule has 4 amide bonds. The number of benzene rings is 2. The number of ether oxygens (including phenoxy) is 1. The third-order valence-corrected chi connectivity index (χ3v) is 15.3. The fourth-order valence-corrected chi connectivity index (χ4v) is 11.3. The second-order valence-electron chi connectivity index (χ2n) is 15.7. The van der Waals surface area contributed by atoms with Crippen LogP contribution in [0.1, 0.15) is 68.9 Å². The van der Waals surface area contributed by atoms with Crippen LogP contribution in [0.4, 0.5) is 14.3 Å². The predicted molar refractivity (Wildman–Crippen MR) is 215 cm³/mol. The summed E-state index contributed by atoms with van der Waals surface area (Å²) < 4.78 is 49.4. The van der Waals surface area contributed by atoms with Crippen molar-refractivity contribution >= 4 is 71.9 Å². The predicted octanol–water partition coefficient (Wildman–Crippen LogP) is 5.46. The molecule has 0 bridgehead atoms. The zero-order chi connectivity index (χ0) is 40.2. The van der Waals surface area contributed by atoms with E-state index in [1.807, 2.05) is 41.8 Å². The maximum absolute atomic E-state index is 14.7. The Labute approximate surface area is 342 Å². The van der Waals surface area contributed by atoms with E-state index in [9.17, 15) is 32.0 Å². The summed E-state index contributed by atoms with van der Waals surface area (Å²) in [6, 6.07) is 10.5. The molecule has 5 aliphatic rings. The Morgan fingerprint density at radius 2 is 1.86 bits per heavy atom. The molecule has 2 aromatic carbocycles. The maximum atomic E-state index is 14.7. The molecule has 14 nitrogen and oxygen atoms in total. The van der Waals surface area contributed by atoms with Crippen LogP contribution in [-0.4, -0.2) is 87.5 Å². The van der Waals surface area contributed by atoms with E-state index in [1.165, 1.54) is 38.5 Å². The molecule has 4 aromatic rings. The minimum absolute atomic E-state index is 0.0231. The average Bonchev–Trinajstić information content (AvgIpc) is 3.87. The first-order valence-electron chi connectivity index (χ1n) is 19.6. The van der Waals surface area contributed by atoms with Crippen molar-refractivity contribution in [3.63, 3.8) is 0 Å². The molecule has 2 saturated carbocycles. The normalized spacial score (nSPS) is 26.8. The van der Waals surface area contributed by atoms with E-state index in [-0.39, 0.29) is 32.5 Å². The number of carbonyl (C=O) groups is 4. The van der Waals surface area contributed by atoms with Crippen molar-refractivity contribution in [2.24, 2.45) is 5.92 Å². The number of rotatable bonds is 7. The Balaban J connectivity index is 0.982. The number of nitrogens with zero attached hydrogens (tertiary/aromatic N) is 4. The molecule has 5 atom stereocenters. The summed E-state index contributed by atoms with van der Waals surface area (Å²) in [5, 5.41) is 8.70. The second-order valence-corrected chi connectivity index (χ2v) is 19.6. The summed E-state index contributed by atoms with van der Waals surface area (Å²) in [5.74, 6) is -2.72. The molecule has 0 radical (unpaired) electrons. The summed E-state index contributed by atoms with van der Waals surface area (Å²) >= 11 is 2.86. The van der Waals surface area contributed by atoms with E-state index < -0.39 is 74.5 Å². The molecule has 3 aliphatic heterocycles. The Kier molecular flexibility index (Phi) is 10.2. The number of halogens is 1. The van der Waals surface area contributed by atoms with Gasteiger partial charge in [-0.1, -0.05) is 49.3 Å². The summed E-state index contributed by atoms with van der Waals surface area (Å²) in [4.78, 5) is 68.7. The van der Waals surface area contributed by atoms with Gasteiger partial charge in [-0.05, 0) is 62.3 Å². The van der Waals surface area contributed by atoms with Gasteiger partial charge >= 0.3 is 6.09 Å².